The molecule has 0 aliphatic carbocycles. The monoisotopic (exact) mass is 287 g/mol. The Labute approximate surface area is 114 Å². The van der Waals surface area contributed by atoms with Gasteiger partial charge in [0.05, 0.1) is 5.56 Å². The minimum absolute atomic E-state index is 0.0918. The minimum Gasteiger partial charge on any atom is -0.336 e. The fraction of sp³-hybridized carbons (Fsp3) is 0.462. The Morgan fingerprint density at radius 2 is 2.15 bits per heavy atom. The van der Waals surface area contributed by atoms with E-state index in [1.54, 1.807) is 11.0 Å². The molecule has 0 atom stereocenters. The molecule has 4 nitrogen and oxygen atoms in total. The van der Waals surface area contributed by atoms with E-state index in [1.165, 1.54) is 6.07 Å². The summed E-state index contributed by atoms with van der Waals surface area (Å²) in [5.74, 6) is 0. The summed E-state index contributed by atoms with van der Waals surface area (Å²) in [7, 11) is 0. The molecular weight excluding hydrogens is 271 g/mol. The van der Waals surface area contributed by atoms with E-state index in [9.17, 15) is 18.0 Å². The van der Waals surface area contributed by atoms with E-state index in [0.717, 1.165) is 12.1 Å². The number of nitrogens with one attached hydrogen (secondary N) is 2. The molecule has 2 N–H and O–H groups in total. The fourth-order valence-corrected chi connectivity index (χ4v) is 2.03. The van der Waals surface area contributed by atoms with Crippen molar-refractivity contribution in [1.82, 2.24) is 15.5 Å². The highest BCUT2D eigenvalue weighted by molar-refractivity contribution is 5.76. The van der Waals surface area contributed by atoms with Gasteiger partial charge in [-0.1, -0.05) is 18.2 Å². The highest BCUT2D eigenvalue weighted by atomic mass is 19.4. The summed E-state index contributed by atoms with van der Waals surface area (Å²) < 4.78 is 37.6. The van der Waals surface area contributed by atoms with Crippen LogP contribution in [0.5, 0.6) is 0 Å². The molecule has 1 aliphatic rings. The van der Waals surface area contributed by atoms with Crippen molar-refractivity contribution >= 4 is 6.03 Å². The van der Waals surface area contributed by atoms with Gasteiger partial charge in [-0.05, 0) is 11.6 Å². The van der Waals surface area contributed by atoms with Gasteiger partial charge in [0.15, 0.2) is 0 Å². The lowest BCUT2D eigenvalue weighted by Gasteiger charge is -2.14. The van der Waals surface area contributed by atoms with Crippen molar-refractivity contribution in [3.05, 3.63) is 35.4 Å². The first kappa shape index (κ1) is 14.6. The van der Waals surface area contributed by atoms with Crippen LogP contribution in [0.1, 0.15) is 11.1 Å². The summed E-state index contributed by atoms with van der Waals surface area (Å²) in [6, 6.07) is 5.14. The number of hydrogen-bond donors (Lipinski definition) is 2. The third-order valence-corrected chi connectivity index (χ3v) is 3.09. The zero-order valence-corrected chi connectivity index (χ0v) is 10.8. The van der Waals surface area contributed by atoms with E-state index in [1.807, 2.05) is 0 Å². The van der Waals surface area contributed by atoms with Gasteiger partial charge in [-0.3, -0.25) is 0 Å². The van der Waals surface area contributed by atoms with Crippen molar-refractivity contribution in [3.8, 4) is 0 Å². The molecule has 0 spiro atoms. The maximum atomic E-state index is 12.5. The van der Waals surface area contributed by atoms with Crippen LogP contribution in [-0.4, -0.2) is 37.1 Å². The van der Waals surface area contributed by atoms with Crippen LogP contribution in [-0.2, 0) is 12.7 Å². The van der Waals surface area contributed by atoms with Crippen molar-refractivity contribution in [1.29, 1.82) is 0 Å². The van der Waals surface area contributed by atoms with E-state index in [2.05, 4.69) is 10.6 Å². The molecule has 1 aromatic carbocycles. The second-order valence-electron chi connectivity index (χ2n) is 4.59. The highest BCUT2D eigenvalue weighted by Crippen LogP contribution is 2.29. The van der Waals surface area contributed by atoms with Crippen LogP contribution >= 0.6 is 0 Å². The first-order valence-electron chi connectivity index (χ1n) is 6.36. The molecule has 0 unspecified atom stereocenters. The molecule has 20 heavy (non-hydrogen) atoms. The maximum absolute atomic E-state index is 12.5. The second-order valence-corrected chi connectivity index (χ2v) is 4.59. The lowest BCUT2D eigenvalue weighted by molar-refractivity contribution is -0.137. The lowest BCUT2D eigenvalue weighted by Crippen LogP contribution is -2.34. The molecule has 2 rings (SSSR count). The van der Waals surface area contributed by atoms with Crippen LogP contribution in [0.3, 0.4) is 0 Å². The SMILES string of the molecule is O=C1NCCN1CCNCc1cccc(C(F)(F)F)c1. The Morgan fingerprint density at radius 3 is 2.80 bits per heavy atom. The topological polar surface area (TPSA) is 44.4 Å². The van der Waals surface area contributed by atoms with Gasteiger partial charge in [-0.2, -0.15) is 13.2 Å². The number of hydrogen-bond acceptors (Lipinski definition) is 2. The maximum Gasteiger partial charge on any atom is 0.416 e. The van der Waals surface area contributed by atoms with Gasteiger partial charge in [0.25, 0.3) is 0 Å². The summed E-state index contributed by atoms with van der Waals surface area (Å²) in [5, 5.41) is 5.73. The van der Waals surface area contributed by atoms with Crippen LogP contribution in [0.15, 0.2) is 24.3 Å². The average Bonchev–Trinajstić information content (AvgIpc) is 2.80. The molecular formula is C13H16F3N3O. The second kappa shape index (κ2) is 6.13. The number of amides is 2. The number of carbonyl (C=O) groups excluding carboxylic acids is 1. The van der Waals surface area contributed by atoms with Crippen LogP contribution in [0.2, 0.25) is 0 Å². The Morgan fingerprint density at radius 1 is 1.35 bits per heavy atom. The number of benzene rings is 1. The largest absolute Gasteiger partial charge is 0.416 e. The molecule has 0 saturated carbocycles. The molecule has 110 valence electrons. The number of carbonyl (C=O) groups is 1. The minimum atomic E-state index is -4.32. The number of nitrogens with zero attached hydrogens (tertiary/aromatic N) is 1. The summed E-state index contributed by atoms with van der Waals surface area (Å²) in [6.07, 6.45) is -4.32. The molecule has 0 radical (unpaired) electrons. The third kappa shape index (κ3) is 3.86. The normalized spacial score (nSPS) is 15.6. The molecule has 0 bridgehead atoms. The van der Waals surface area contributed by atoms with Crippen LogP contribution in [0.4, 0.5) is 18.0 Å². The van der Waals surface area contributed by atoms with Gasteiger partial charge in [-0.15, -0.1) is 0 Å². The summed E-state index contributed by atoms with van der Waals surface area (Å²) in [4.78, 5) is 12.9. The predicted octanol–water partition coefficient (Wildman–Crippen LogP) is 1.82. The number of alkyl halides is 3. The fourth-order valence-electron chi connectivity index (χ4n) is 2.03. The molecule has 1 aliphatic heterocycles. The Kier molecular flexibility index (Phi) is 4.49. The summed E-state index contributed by atoms with van der Waals surface area (Å²) >= 11 is 0. The van der Waals surface area contributed by atoms with E-state index in [-0.39, 0.29) is 6.03 Å². The molecule has 1 heterocycles. The third-order valence-electron chi connectivity index (χ3n) is 3.09. The quantitative estimate of drug-likeness (QED) is 0.811. The Hall–Kier alpha value is -1.76. The molecule has 2 amide bonds. The van der Waals surface area contributed by atoms with Crippen molar-refractivity contribution < 1.29 is 18.0 Å². The molecule has 7 heteroatoms. The average molecular weight is 287 g/mol. The predicted molar refractivity (Wildman–Crippen MR) is 68.1 cm³/mol. The summed E-state index contributed by atoms with van der Waals surface area (Å²) in [6.45, 7) is 2.75. The first-order valence-corrected chi connectivity index (χ1v) is 6.36. The van der Waals surface area contributed by atoms with E-state index in [0.29, 0.717) is 38.3 Å². The van der Waals surface area contributed by atoms with E-state index in [4.69, 9.17) is 0 Å². The van der Waals surface area contributed by atoms with Gasteiger partial charge in [-0.25, -0.2) is 4.79 Å². The lowest BCUT2D eigenvalue weighted by atomic mass is 10.1. The van der Waals surface area contributed by atoms with Gasteiger partial charge in [0.2, 0.25) is 0 Å². The van der Waals surface area contributed by atoms with Crippen molar-refractivity contribution in [3.63, 3.8) is 0 Å². The van der Waals surface area contributed by atoms with E-state index >= 15 is 0 Å². The number of urea groups is 1. The first-order chi connectivity index (χ1) is 9.47. The highest BCUT2D eigenvalue weighted by Gasteiger charge is 2.30. The van der Waals surface area contributed by atoms with Crippen LogP contribution in [0.25, 0.3) is 0 Å². The molecule has 1 aromatic rings. The summed E-state index contributed by atoms with van der Waals surface area (Å²) in [5.41, 5.74) is -0.0681. The molecule has 1 saturated heterocycles. The number of halogens is 3. The standard InChI is InChI=1S/C13H16F3N3O/c14-13(15,16)11-3-1-2-10(8-11)9-17-4-6-19-7-5-18-12(19)20/h1-3,8,17H,4-7,9H2,(H,18,20). The van der Waals surface area contributed by atoms with Crippen LogP contribution in [0, 0.1) is 0 Å². The van der Waals surface area contributed by atoms with Gasteiger partial charge in [0.1, 0.15) is 0 Å². The van der Waals surface area contributed by atoms with Crippen molar-refractivity contribution in [2.75, 3.05) is 26.2 Å². The Bertz CT molecular complexity index is 476. The smallest absolute Gasteiger partial charge is 0.336 e. The van der Waals surface area contributed by atoms with Gasteiger partial charge < -0.3 is 15.5 Å². The van der Waals surface area contributed by atoms with Gasteiger partial charge in [0, 0.05) is 32.7 Å². The van der Waals surface area contributed by atoms with Crippen LogP contribution < -0.4 is 10.6 Å². The van der Waals surface area contributed by atoms with E-state index < -0.39 is 11.7 Å². The molecule has 1 fully saturated rings. The number of rotatable bonds is 5. The zero-order chi connectivity index (χ0) is 14.6. The Balaban J connectivity index is 1.78. The van der Waals surface area contributed by atoms with Crippen molar-refractivity contribution in [2.24, 2.45) is 0 Å². The van der Waals surface area contributed by atoms with Crippen molar-refractivity contribution in [2.45, 2.75) is 12.7 Å². The zero-order valence-electron chi connectivity index (χ0n) is 10.8. The molecule has 0 aromatic heterocycles. The van der Waals surface area contributed by atoms with Gasteiger partial charge >= 0.3 is 12.2 Å².